The Morgan fingerprint density at radius 2 is 1.55 bits per heavy atom. The van der Waals surface area contributed by atoms with Crippen LogP contribution in [0, 0.1) is 4.78 Å². The van der Waals surface area contributed by atoms with Gasteiger partial charge in [-0.3, -0.25) is 0 Å². The van der Waals surface area contributed by atoms with E-state index in [1.165, 1.54) is 0 Å². The SMILES string of the molecule is CC/C(=N\Oc1ccc(OC(F)(F)F)cc1)c1cc(Cl)ccc1C(F)(F)F.N=S(=O)=O. The smallest absolute Gasteiger partial charge is 0.406 e. The number of nitrogens with one attached hydrogen (secondary N) is 1. The van der Waals surface area contributed by atoms with Gasteiger partial charge >= 0.3 is 23.0 Å². The standard InChI is InChI=1S/C17H12ClF6NO2.HNO2S/c1-2-15(13-9-10(18)3-8-14(13)16(19,20)21)25-27-12-6-4-11(5-7-12)26-17(22,23)24;1-4(2)3/h3-9H,2H2,1H3;1H/b25-15+;. The van der Waals surface area contributed by atoms with Crippen molar-refractivity contribution in [3.05, 3.63) is 58.6 Å². The maximum absolute atomic E-state index is 13.2. The van der Waals surface area contributed by atoms with Gasteiger partial charge in [0.05, 0.1) is 11.3 Å². The van der Waals surface area contributed by atoms with Crippen molar-refractivity contribution < 1.29 is 44.3 Å². The van der Waals surface area contributed by atoms with Crippen molar-refractivity contribution in [2.45, 2.75) is 25.9 Å². The van der Waals surface area contributed by atoms with Crippen LogP contribution in [-0.4, -0.2) is 20.5 Å². The minimum atomic E-state index is -4.84. The Balaban J connectivity index is 0.00000110. The molecule has 2 aromatic carbocycles. The molecule has 0 bridgehead atoms. The number of oxime groups is 1. The van der Waals surface area contributed by atoms with Crippen molar-refractivity contribution in [1.82, 2.24) is 0 Å². The Kier molecular flexibility index (Phi) is 9.31. The van der Waals surface area contributed by atoms with E-state index in [-0.39, 0.29) is 28.5 Å². The highest BCUT2D eigenvalue weighted by atomic mass is 35.5. The van der Waals surface area contributed by atoms with Crippen LogP contribution in [0.2, 0.25) is 5.02 Å². The topological polar surface area (TPSA) is 88.8 Å². The number of benzene rings is 2. The van der Waals surface area contributed by atoms with Crippen LogP contribution < -0.4 is 9.57 Å². The van der Waals surface area contributed by atoms with Crippen LogP contribution in [0.25, 0.3) is 0 Å². The zero-order chi connectivity index (χ0) is 23.8. The lowest BCUT2D eigenvalue weighted by atomic mass is 10.0. The van der Waals surface area contributed by atoms with E-state index in [0.29, 0.717) is 0 Å². The molecule has 0 aromatic heterocycles. The molecule has 0 aliphatic heterocycles. The second kappa shape index (κ2) is 11.0. The third kappa shape index (κ3) is 9.70. The third-order valence-corrected chi connectivity index (χ3v) is 3.49. The molecule has 1 N–H and O–H groups in total. The van der Waals surface area contributed by atoms with Gasteiger partial charge in [-0.1, -0.05) is 23.7 Å². The van der Waals surface area contributed by atoms with E-state index < -0.39 is 34.4 Å². The maximum Gasteiger partial charge on any atom is 0.573 e. The summed E-state index contributed by atoms with van der Waals surface area (Å²) in [6.07, 6.45) is -9.36. The molecule has 2 rings (SSSR count). The van der Waals surface area contributed by atoms with Gasteiger partial charge in [0.15, 0.2) is 5.75 Å². The quantitative estimate of drug-likeness (QED) is 0.312. The minimum absolute atomic E-state index is 0.0195. The first kappa shape index (κ1) is 26.2. The Bertz CT molecular complexity index is 1020. The number of ether oxygens (including phenoxy) is 1. The Labute approximate surface area is 178 Å². The van der Waals surface area contributed by atoms with Crippen molar-refractivity contribution in [1.29, 1.82) is 4.78 Å². The van der Waals surface area contributed by atoms with Gasteiger partial charge in [0.1, 0.15) is 5.75 Å². The molecule has 6 nitrogen and oxygen atoms in total. The first-order valence-corrected chi connectivity index (χ1v) is 9.45. The van der Waals surface area contributed by atoms with Crippen LogP contribution in [0.1, 0.15) is 24.5 Å². The molecule has 0 heterocycles. The number of alkyl halides is 6. The third-order valence-electron chi connectivity index (χ3n) is 3.25. The number of hydrogen-bond acceptors (Lipinski definition) is 6. The number of nitrogens with zero attached hydrogens (tertiary/aromatic N) is 1. The van der Waals surface area contributed by atoms with Crippen molar-refractivity contribution in [2.24, 2.45) is 5.16 Å². The van der Waals surface area contributed by atoms with Crippen LogP contribution in [0.5, 0.6) is 11.5 Å². The van der Waals surface area contributed by atoms with Gasteiger partial charge < -0.3 is 9.57 Å². The molecular formula is C17H13ClF6N2O4S. The summed E-state index contributed by atoms with van der Waals surface area (Å²) < 4.78 is 102. The second-order valence-electron chi connectivity index (χ2n) is 5.42. The van der Waals surface area contributed by atoms with Crippen LogP contribution in [-0.2, 0) is 16.7 Å². The van der Waals surface area contributed by atoms with Gasteiger partial charge in [-0.15, -0.1) is 13.2 Å². The van der Waals surface area contributed by atoms with Gasteiger partial charge in [-0.25, -0.2) is 0 Å². The maximum atomic E-state index is 13.2. The normalized spacial score (nSPS) is 11.9. The predicted molar refractivity (Wildman–Crippen MR) is 98.7 cm³/mol. The molecule has 0 radical (unpaired) electrons. The molecular weight excluding hydrogens is 478 g/mol. The summed E-state index contributed by atoms with van der Waals surface area (Å²) in [5, 5.41) is 3.79. The highest BCUT2D eigenvalue weighted by Gasteiger charge is 2.34. The average molecular weight is 491 g/mol. The summed E-state index contributed by atoms with van der Waals surface area (Å²) in [4.78, 5) is 5.05. The van der Waals surface area contributed by atoms with E-state index in [0.717, 1.165) is 42.5 Å². The predicted octanol–water partition coefficient (Wildman–Crippen LogP) is 6.08. The van der Waals surface area contributed by atoms with Gasteiger partial charge in [-0.05, 0) is 48.9 Å². The van der Waals surface area contributed by atoms with Gasteiger partial charge in [0.2, 0.25) is 0 Å². The van der Waals surface area contributed by atoms with Gasteiger partial charge in [0, 0.05) is 10.6 Å². The van der Waals surface area contributed by atoms with Crippen molar-refractivity contribution in [3.63, 3.8) is 0 Å². The summed E-state index contributed by atoms with van der Waals surface area (Å²) in [7, 11) is -2.61. The average Bonchev–Trinajstić information content (AvgIpc) is 2.61. The molecule has 0 saturated heterocycles. The van der Waals surface area contributed by atoms with Crippen LogP contribution in [0.15, 0.2) is 47.6 Å². The van der Waals surface area contributed by atoms with Crippen LogP contribution >= 0.6 is 11.6 Å². The molecule has 170 valence electrons. The van der Waals surface area contributed by atoms with Crippen molar-refractivity contribution >= 4 is 27.8 Å². The van der Waals surface area contributed by atoms with Gasteiger partial charge in [0.25, 0.3) is 0 Å². The van der Waals surface area contributed by atoms with Crippen molar-refractivity contribution in [3.8, 4) is 11.5 Å². The molecule has 0 unspecified atom stereocenters. The summed E-state index contributed by atoms with van der Waals surface area (Å²) in [5.41, 5.74) is -1.19. The largest absolute Gasteiger partial charge is 0.573 e. The molecule has 31 heavy (non-hydrogen) atoms. The molecule has 0 amide bonds. The monoisotopic (exact) mass is 490 g/mol. The summed E-state index contributed by atoms with van der Waals surface area (Å²) >= 11 is 5.79. The number of halogens is 7. The minimum Gasteiger partial charge on any atom is -0.406 e. The highest BCUT2D eigenvalue weighted by molar-refractivity contribution is 7.60. The van der Waals surface area contributed by atoms with Gasteiger partial charge in [-0.2, -0.15) is 26.4 Å². The molecule has 2 aromatic rings. The van der Waals surface area contributed by atoms with E-state index >= 15 is 0 Å². The molecule has 0 spiro atoms. The number of rotatable bonds is 5. The summed E-state index contributed by atoms with van der Waals surface area (Å²) in [6.45, 7) is 1.57. The Morgan fingerprint density at radius 3 is 2.00 bits per heavy atom. The Morgan fingerprint density at radius 1 is 1.03 bits per heavy atom. The van der Waals surface area contributed by atoms with E-state index in [1.807, 2.05) is 0 Å². The lowest BCUT2D eigenvalue weighted by molar-refractivity contribution is -0.274. The first-order chi connectivity index (χ1) is 14.2. The fourth-order valence-corrected chi connectivity index (χ4v) is 2.29. The van der Waals surface area contributed by atoms with Crippen molar-refractivity contribution in [2.75, 3.05) is 0 Å². The van der Waals surface area contributed by atoms with Crippen LogP contribution in [0.4, 0.5) is 26.3 Å². The highest BCUT2D eigenvalue weighted by Crippen LogP contribution is 2.34. The van der Waals surface area contributed by atoms with E-state index in [2.05, 4.69) is 9.89 Å². The zero-order valence-electron chi connectivity index (χ0n) is 15.4. The van der Waals surface area contributed by atoms with Crippen LogP contribution in [0.3, 0.4) is 0 Å². The fourth-order valence-electron chi connectivity index (χ4n) is 2.12. The fraction of sp³-hybridized carbons (Fsp3) is 0.235. The molecule has 0 saturated carbocycles. The van der Waals surface area contributed by atoms with E-state index in [9.17, 15) is 26.3 Å². The van der Waals surface area contributed by atoms with E-state index in [1.54, 1.807) is 6.92 Å². The lowest BCUT2D eigenvalue weighted by Crippen LogP contribution is -2.16. The molecule has 0 fully saturated rings. The first-order valence-electron chi connectivity index (χ1n) is 8.00. The zero-order valence-corrected chi connectivity index (χ0v) is 17.0. The number of hydrogen-bond donors (Lipinski definition) is 1. The molecule has 0 atom stereocenters. The summed E-state index contributed by atoms with van der Waals surface area (Å²) in [6, 6.07) is 7.33. The molecule has 0 aliphatic carbocycles. The molecule has 0 aliphatic rings. The molecule has 14 heteroatoms. The second-order valence-corrected chi connectivity index (χ2v) is 6.33. The lowest BCUT2D eigenvalue weighted by Gasteiger charge is -2.14. The summed E-state index contributed by atoms with van der Waals surface area (Å²) in [5.74, 6) is -0.449. The van der Waals surface area contributed by atoms with E-state index in [4.69, 9.17) is 29.6 Å². The Hall–Kier alpha value is -2.80.